The van der Waals surface area contributed by atoms with Crippen LogP contribution in [0.3, 0.4) is 0 Å². The van der Waals surface area contributed by atoms with E-state index in [2.05, 4.69) is 5.73 Å². The Bertz CT molecular complexity index is 29.1. The van der Waals surface area contributed by atoms with E-state index in [9.17, 15) is 0 Å². The molecule has 0 aliphatic rings. The Kier molecular flexibility index (Phi) is 60.4. The molecule has 0 aromatic carbocycles. The van der Waals surface area contributed by atoms with Gasteiger partial charge >= 0.3 is 59.1 Å². The molecule has 5 heavy (non-hydrogen) atoms. The maximum absolute atomic E-state index is 7.10. The van der Waals surface area contributed by atoms with E-state index >= 15 is 0 Å². The van der Waals surface area contributed by atoms with Crippen LogP contribution in [0.1, 0.15) is 0 Å². The summed E-state index contributed by atoms with van der Waals surface area (Å²) < 4.78 is 0. The van der Waals surface area contributed by atoms with Crippen LogP contribution in [0.15, 0.2) is 0 Å². The summed E-state index contributed by atoms with van der Waals surface area (Å²) in [6.45, 7) is 0. The Morgan fingerprint density at radius 1 is 1.40 bits per heavy atom. The molecule has 0 atom stereocenters. The minimum atomic E-state index is 0. The molecule has 4 heteroatoms. The first-order valence-corrected chi connectivity index (χ1v) is 0.512. The van der Waals surface area contributed by atoms with E-state index in [1.165, 1.54) is 6.19 Å². The predicted octanol–water partition coefficient (Wildman–Crippen LogP) is -1.87. The normalized spacial score (nSPS) is 1.40. The summed E-state index contributed by atoms with van der Waals surface area (Å²) in [5.74, 6) is 0. The van der Waals surface area contributed by atoms with Crippen molar-refractivity contribution in [1.29, 1.82) is 5.26 Å². The number of nitriles is 1. The van der Waals surface area contributed by atoms with Gasteiger partial charge in [-0.15, -0.1) is 0 Å². The van der Waals surface area contributed by atoms with Crippen molar-refractivity contribution in [3.63, 3.8) is 0 Å². The van der Waals surface area contributed by atoms with E-state index in [1.807, 2.05) is 0 Å². The zero-order valence-corrected chi connectivity index (χ0v) is 1.52. The van der Waals surface area contributed by atoms with Crippen molar-refractivity contribution in [3.05, 3.63) is 0 Å². The molecule has 0 aliphatic heterocycles. The molecule has 20 valence electrons. The zero-order chi connectivity index (χ0) is 2.71. The average molecular weight is 90.0 g/mol. The van der Waals surface area contributed by atoms with E-state index in [0.29, 0.717) is 0 Å². The van der Waals surface area contributed by atoms with Crippen LogP contribution in [0.25, 0.3) is 0 Å². The van der Waals surface area contributed by atoms with Crippen molar-refractivity contribution in [2.24, 2.45) is 5.73 Å². The second kappa shape index (κ2) is 18.6. The topological polar surface area (TPSA) is 49.8 Å². The molecule has 0 aromatic rings. The third-order valence-electron chi connectivity index (χ3n) is 0. The number of hydrogen-bond acceptors (Lipinski definition) is 2. The summed E-state index contributed by atoms with van der Waals surface area (Å²) in [5, 5.41) is 7.10. The fourth-order valence-electron chi connectivity index (χ4n) is 0. The molecule has 0 saturated heterocycles. The van der Waals surface area contributed by atoms with E-state index in [-0.39, 0.29) is 59.1 Å². The maximum atomic E-state index is 7.10. The molecule has 2 N–H and O–H groups in total. The molecule has 0 saturated carbocycles. The van der Waals surface area contributed by atoms with Crippen LogP contribution < -0.4 is 5.73 Å². The zero-order valence-electron chi connectivity index (χ0n) is 1.52. The quantitative estimate of drug-likeness (QED) is 0.215. The average Bonchev–Trinajstić information content (AvgIpc) is 0.918. The SMILES string of the molecule is N#CN.[NaH].[NaH]. The second-order valence-electron chi connectivity index (χ2n) is 0.129. The molecular formula is CH4N2Na2. The molecule has 0 spiro atoms. The third-order valence-corrected chi connectivity index (χ3v) is 0. The van der Waals surface area contributed by atoms with E-state index < -0.39 is 0 Å². The molecule has 0 unspecified atom stereocenters. The van der Waals surface area contributed by atoms with E-state index in [0.717, 1.165) is 0 Å². The van der Waals surface area contributed by atoms with Crippen LogP contribution in [0.5, 0.6) is 0 Å². The first kappa shape index (κ1) is 16.3. The van der Waals surface area contributed by atoms with Gasteiger partial charge in [-0.2, -0.15) is 5.26 Å². The van der Waals surface area contributed by atoms with Gasteiger partial charge in [0.05, 0.1) is 0 Å². The van der Waals surface area contributed by atoms with Crippen LogP contribution >= 0.6 is 0 Å². The van der Waals surface area contributed by atoms with Crippen LogP contribution in [0.2, 0.25) is 0 Å². The van der Waals surface area contributed by atoms with Crippen LogP contribution in [-0.4, -0.2) is 59.1 Å². The molecule has 0 rings (SSSR count). The molecule has 0 bridgehead atoms. The Balaban J connectivity index is -0.0000000200. The summed E-state index contributed by atoms with van der Waals surface area (Å²) >= 11 is 0. The molecule has 0 aliphatic carbocycles. The van der Waals surface area contributed by atoms with Crippen molar-refractivity contribution >= 4 is 59.1 Å². The summed E-state index contributed by atoms with van der Waals surface area (Å²) in [4.78, 5) is 0. The number of nitrogens with two attached hydrogens (primary N) is 1. The van der Waals surface area contributed by atoms with Crippen molar-refractivity contribution in [2.75, 3.05) is 0 Å². The molecule has 0 heterocycles. The molecule has 0 radical (unpaired) electrons. The Morgan fingerprint density at radius 2 is 1.40 bits per heavy atom. The van der Waals surface area contributed by atoms with Gasteiger partial charge in [0.1, 0.15) is 0 Å². The van der Waals surface area contributed by atoms with Crippen molar-refractivity contribution < 1.29 is 0 Å². The van der Waals surface area contributed by atoms with Gasteiger partial charge in [-0.25, -0.2) is 0 Å². The van der Waals surface area contributed by atoms with Gasteiger partial charge in [-0.05, 0) is 0 Å². The number of rotatable bonds is 0. The Hall–Kier alpha value is 1.29. The van der Waals surface area contributed by atoms with Crippen LogP contribution in [0.4, 0.5) is 0 Å². The van der Waals surface area contributed by atoms with Crippen LogP contribution in [-0.2, 0) is 0 Å². The van der Waals surface area contributed by atoms with Crippen LogP contribution in [0, 0.1) is 11.5 Å². The fourth-order valence-corrected chi connectivity index (χ4v) is 0. The van der Waals surface area contributed by atoms with Gasteiger partial charge in [-0.3, -0.25) is 0 Å². The summed E-state index contributed by atoms with van der Waals surface area (Å²) in [6.07, 6.45) is 1.25. The summed E-state index contributed by atoms with van der Waals surface area (Å²) in [5.41, 5.74) is 4.15. The predicted molar refractivity (Wildman–Crippen MR) is 24.1 cm³/mol. The minimum absolute atomic E-state index is 0. The molecular weight excluding hydrogens is 86.0 g/mol. The molecule has 0 amide bonds. The van der Waals surface area contributed by atoms with Crippen molar-refractivity contribution in [3.8, 4) is 6.19 Å². The molecule has 0 fully saturated rings. The number of hydrogen-bond donors (Lipinski definition) is 1. The second-order valence-corrected chi connectivity index (χ2v) is 0.129. The Labute approximate surface area is 75.3 Å². The van der Waals surface area contributed by atoms with Gasteiger partial charge in [0.15, 0.2) is 6.19 Å². The van der Waals surface area contributed by atoms with E-state index in [1.54, 1.807) is 0 Å². The van der Waals surface area contributed by atoms with Gasteiger partial charge in [0, 0.05) is 0 Å². The monoisotopic (exact) mass is 90.0 g/mol. The fraction of sp³-hybridized carbons (Fsp3) is 0. The first-order valence-electron chi connectivity index (χ1n) is 0.512. The standard InChI is InChI=1S/CH2N2.2Na.2H/c2-1-3;;;;/h2H2;;;;. The summed E-state index contributed by atoms with van der Waals surface area (Å²) in [6, 6.07) is 0. The van der Waals surface area contributed by atoms with Gasteiger partial charge in [0.25, 0.3) is 0 Å². The van der Waals surface area contributed by atoms with Gasteiger partial charge in [0.2, 0.25) is 0 Å². The van der Waals surface area contributed by atoms with Gasteiger partial charge < -0.3 is 5.73 Å². The van der Waals surface area contributed by atoms with E-state index in [4.69, 9.17) is 5.26 Å². The Morgan fingerprint density at radius 3 is 1.40 bits per heavy atom. The number of nitrogens with zero attached hydrogens (tertiary/aromatic N) is 1. The van der Waals surface area contributed by atoms with Crippen molar-refractivity contribution in [2.45, 2.75) is 0 Å². The molecule has 2 nitrogen and oxygen atoms in total. The third kappa shape index (κ3) is 34.4. The first-order chi connectivity index (χ1) is 1.41. The summed E-state index contributed by atoms with van der Waals surface area (Å²) in [7, 11) is 0. The van der Waals surface area contributed by atoms with Crippen molar-refractivity contribution in [1.82, 2.24) is 0 Å². The van der Waals surface area contributed by atoms with Gasteiger partial charge in [-0.1, -0.05) is 0 Å². The molecule has 0 aromatic heterocycles.